The van der Waals surface area contributed by atoms with Gasteiger partial charge in [0.1, 0.15) is 23.0 Å². The second-order valence-corrected chi connectivity index (χ2v) is 12.0. The van der Waals surface area contributed by atoms with E-state index in [4.69, 9.17) is 4.74 Å². The fourth-order valence-electron chi connectivity index (χ4n) is 6.20. The van der Waals surface area contributed by atoms with Crippen LogP contribution in [0.1, 0.15) is 67.1 Å². The Bertz CT molecular complexity index is 1710. The van der Waals surface area contributed by atoms with Crippen molar-refractivity contribution in [2.75, 3.05) is 18.0 Å². The number of carbonyl (C=O) groups excluding carboxylic acids is 2. The third kappa shape index (κ3) is 7.52. The van der Waals surface area contributed by atoms with Crippen molar-refractivity contribution in [1.29, 1.82) is 0 Å². The Hall–Kier alpha value is -4.77. The molecule has 2 N–H and O–H groups in total. The highest BCUT2D eigenvalue weighted by molar-refractivity contribution is 5.98. The van der Waals surface area contributed by atoms with Gasteiger partial charge in [0.25, 0.3) is 5.91 Å². The Morgan fingerprint density at radius 2 is 1.58 bits per heavy atom. The molecule has 0 radical (unpaired) electrons. The number of halogens is 3. The van der Waals surface area contributed by atoms with E-state index in [1.807, 2.05) is 30.3 Å². The Balaban J connectivity index is 1.66. The van der Waals surface area contributed by atoms with E-state index in [0.717, 1.165) is 32.1 Å². The number of carbonyl (C=O) groups is 2. The summed E-state index contributed by atoms with van der Waals surface area (Å²) in [6.07, 6.45) is 3.62. The first-order valence-corrected chi connectivity index (χ1v) is 16.2. The third-order valence-electron chi connectivity index (χ3n) is 8.49. The van der Waals surface area contributed by atoms with Crippen molar-refractivity contribution >= 4 is 17.5 Å². The lowest BCUT2D eigenvalue weighted by molar-refractivity contribution is -0.132. The van der Waals surface area contributed by atoms with Gasteiger partial charge in [0.05, 0.1) is 13.1 Å². The number of unbranched alkanes of at least 4 members (excludes halogenated alkanes) is 4. The summed E-state index contributed by atoms with van der Waals surface area (Å²) in [5.74, 6) is -4.28. The number of nitrogens with one attached hydrogen (secondary N) is 2. The zero-order chi connectivity index (χ0) is 34.3. The lowest BCUT2D eigenvalue weighted by Gasteiger charge is -2.40. The molecule has 8 nitrogen and oxygen atoms in total. The van der Waals surface area contributed by atoms with E-state index < -0.39 is 53.0 Å². The van der Waals surface area contributed by atoms with Crippen LogP contribution in [0.4, 0.5) is 18.9 Å². The second-order valence-electron chi connectivity index (χ2n) is 12.0. The van der Waals surface area contributed by atoms with Gasteiger partial charge in [-0.1, -0.05) is 81.1 Å². The molecular formula is C37H40F3N5O3. The number of benzene rings is 3. The van der Waals surface area contributed by atoms with Crippen molar-refractivity contribution in [3.8, 4) is 6.01 Å². The average molecular weight is 660 g/mol. The number of rotatable bonds is 13. The van der Waals surface area contributed by atoms with E-state index in [2.05, 4.69) is 27.5 Å². The van der Waals surface area contributed by atoms with E-state index in [1.165, 1.54) is 4.90 Å². The maximum atomic E-state index is 14.9. The first-order chi connectivity index (χ1) is 23.1. The smallest absolute Gasteiger partial charge is 0.317 e. The molecular weight excluding hydrogens is 619 g/mol. The minimum atomic E-state index is -1.52. The summed E-state index contributed by atoms with van der Waals surface area (Å²) >= 11 is 0. The zero-order valence-corrected chi connectivity index (χ0v) is 27.4. The number of nitrogens with zero attached hydrogens (tertiary/aromatic N) is 3. The number of anilines is 1. The number of aromatic nitrogens is 2. The van der Waals surface area contributed by atoms with Gasteiger partial charge in [-0.15, -0.1) is 0 Å². The van der Waals surface area contributed by atoms with Crippen molar-refractivity contribution in [2.45, 2.75) is 71.1 Å². The molecule has 3 aromatic carbocycles. The van der Waals surface area contributed by atoms with Crippen molar-refractivity contribution < 1.29 is 27.5 Å². The van der Waals surface area contributed by atoms with Crippen LogP contribution in [0.15, 0.2) is 72.8 Å². The van der Waals surface area contributed by atoms with E-state index >= 15 is 0 Å². The number of aryl methyl sites for hydroxylation is 2. The molecule has 2 atom stereocenters. The predicted octanol–water partition coefficient (Wildman–Crippen LogP) is 6.42. The predicted molar refractivity (Wildman–Crippen MR) is 177 cm³/mol. The molecule has 48 heavy (non-hydrogen) atoms. The summed E-state index contributed by atoms with van der Waals surface area (Å²) in [6, 6.07) is 18.9. The minimum Gasteiger partial charge on any atom is -0.447 e. The van der Waals surface area contributed by atoms with E-state index in [0.29, 0.717) is 46.9 Å². The summed E-state index contributed by atoms with van der Waals surface area (Å²) in [5, 5.41) is 6.38. The van der Waals surface area contributed by atoms with Gasteiger partial charge < -0.3 is 15.0 Å². The molecule has 1 aliphatic rings. The maximum Gasteiger partial charge on any atom is 0.317 e. The van der Waals surface area contributed by atoms with E-state index in [-0.39, 0.29) is 12.6 Å². The number of amides is 2. The Morgan fingerprint density at radius 3 is 2.27 bits per heavy atom. The Kier molecular flexibility index (Phi) is 11.1. The molecule has 1 unspecified atom stereocenters. The largest absolute Gasteiger partial charge is 0.447 e. The number of hydrogen-bond acceptors (Lipinski definition) is 6. The molecule has 1 aliphatic heterocycles. The standard InChI is InChI=1S/C37H40F3N5O3/c1-4-5-6-7-13-18-41-35(47)34(48-36-43-24(2)19-25(3)44-36)37(26-14-9-8-10-15-26)29-16-11-12-17-32(29)45(33(46)22-42-37)23-28-30(39)20-27(38)21-31(28)40/h8-12,14-17,19-21,34,42H,4-7,13,18,22-23H2,1-3H3,(H,41,47)/t34?,37-/m0/s1. The SMILES string of the molecule is CCCCCCCNC(=O)C(Oc1nc(C)cc(C)n1)[C@@]1(c2ccccc2)NCC(=O)N(Cc2c(F)cc(F)cc2F)c2ccccc21. The van der Waals surface area contributed by atoms with Crippen LogP contribution in [0.2, 0.25) is 0 Å². The van der Waals surface area contributed by atoms with Crippen LogP contribution in [0.3, 0.4) is 0 Å². The number of ether oxygens (including phenoxy) is 1. The van der Waals surface area contributed by atoms with Gasteiger partial charge in [0, 0.05) is 46.9 Å². The number of para-hydroxylation sites is 1. The molecule has 4 aromatic rings. The van der Waals surface area contributed by atoms with Crippen molar-refractivity contribution in [3.63, 3.8) is 0 Å². The average Bonchev–Trinajstić information content (AvgIpc) is 3.17. The van der Waals surface area contributed by atoms with Crippen LogP contribution in [0, 0.1) is 31.3 Å². The summed E-state index contributed by atoms with van der Waals surface area (Å²) in [4.78, 5) is 38.5. The fourth-order valence-corrected chi connectivity index (χ4v) is 6.20. The minimum absolute atomic E-state index is 0.0203. The van der Waals surface area contributed by atoms with Crippen molar-refractivity contribution in [1.82, 2.24) is 20.6 Å². The molecule has 1 aromatic heterocycles. The third-order valence-corrected chi connectivity index (χ3v) is 8.49. The zero-order valence-electron chi connectivity index (χ0n) is 27.4. The summed E-state index contributed by atoms with van der Waals surface area (Å²) in [7, 11) is 0. The lowest BCUT2D eigenvalue weighted by Crippen LogP contribution is -2.61. The summed E-state index contributed by atoms with van der Waals surface area (Å²) in [6.45, 7) is 5.27. The molecule has 11 heteroatoms. The number of fused-ring (bicyclic) bond motifs is 1. The van der Waals surface area contributed by atoms with Gasteiger partial charge in [-0.25, -0.2) is 23.1 Å². The van der Waals surface area contributed by atoms with Gasteiger partial charge in [-0.05, 0) is 38.0 Å². The summed E-state index contributed by atoms with van der Waals surface area (Å²) < 4.78 is 50.1. The first kappa shape index (κ1) is 34.6. The van der Waals surface area contributed by atoms with Crippen molar-refractivity contribution in [3.05, 3.63) is 118 Å². The normalized spacial score (nSPS) is 16.6. The molecule has 0 saturated heterocycles. The second kappa shape index (κ2) is 15.4. The van der Waals surface area contributed by atoms with Gasteiger partial charge in [-0.2, -0.15) is 0 Å². The molecule has 0 aliphatic carbocycles. The number of hydrogen-bond donors (Lipinski definition) is 2. The van der Waals surface area contributed by atoms with Crippen LogP contribution < -0.4 is 20.3 Å². The molecule has 252 valence electrons. The maximum absolute atomic E-state index is 14.9. The van der Waals surface area contributed by atoms with Crippen LogP contribution in [-0.4, -0.2) is 41.0 Å². The Labute approximate surface area is 278 Å². The van der Waals surface area contributed by atoms with Crippen LogP contribution >= 0.6 is 0 Å². The monoisotopic (exact) mass is 659 g/mol. The Morgan fingerprint density at radius 1 is 0.938 bits per heavy atom. The van der Waals surface area contributed by atoms with Gasteiger partial charge in [0.2, 0.25) is 12.0 Å². The molecule has 0 spiro atoms. The highest BCUT2D eigenvalue weighted by Gasteiger charge is 2.52. The quantitative estimate of drug-likeness (QED) is 0.161. The molecule has 0 saturated carbocycles. The van der Waals surface area contributed by atoms with E-state index in [9.17, 15) is 22.8 Å². The fraction of sp³-hybridized carbons (Fsp3) is 0.351. The lowest BCUT2D eigenvalue weighted by atomic mass is 9.76. The van der Waals surface area contributed by atoms with Crippen LogP contribution in [0.5, 0.6) is 6.01 Å². The summed E-state index contributed by atoms with van der Waals surface area (Å²) in [5.41, 5.74) is 0.623. The van der Waals surface area contributed by atoms with Gasteiger partial charge >= 0.3 is 6.01 Å². The molecule has 0 fully saturated rings. The molecule has 5 rings (SSSR count). The molecule has 2 amide bonds. The van der Waals surface area contributed by atoms with Crippen molar-refractivity contribution in [2.24, 2.45) is 0 Å². The van der Waals surface area contributed by atoms with Gasteiger partial charge in [0.15, 0.2) is 0 Å². The topological polar surface area (TPSA) is 96.5 Å². The first-order valence-electron chi connectivity index (χ1n) is 16.2. The highest BCUT2D eigenvalue weighted by Crippen LogP contribution is 2.42. The molecule has 2 heterocycles. The van der Waals surface area contributed by atoms with Gasteiger partial charge in [-0.3, -0.25) is 14.9 Å². The van der Waals surface area contributed by atoms with Crippen LogP contribution in [-0.2, 0) is 21.7 Å². The van der Waals surface area contributed by atoms with E-state index in [1.54, 1.807) is 44.2 Å². The van der Waals surface area contributed by atoms with Crippen LogP contribution in [0.25, 0.3) is 0 Å². The molecule has 0 bridgehead atoms. The highest BCUT2D eigenvalue weighted by atomic mass is 19.1.